The lowest BCUT2D eigenvalue weighted by molar-refractivity contribution is 0.181. The summed E-state index contributed by atoms with van der Waals surface area (Å²) >= 11 is 1.38. The number of nitrogens with zero attached hydrogens (tertiary/aromatic N) is 4. The molecular weight excluding hydrogens is 417 g/mol. The van der Waals surface area contributed by atoms with Gasteiger partial charge in [0.2, 0.25) is 0 Å². The van der Waals surface area contributed by atoms with Gasteiger partial charge in [0.15, 0.2) is 16.8 Å². The Balaban J connectivity index is 1.57. The maximum atomic E-state index is 14.0. The third kappa shape index (κ3) is 4.89. The fourth-order valence-electron chi connectivity index (χ4n) is 3.10. The van der Waals surface area contributed by atoms with Crippen molar-refractivity contribution in [3.63, 3.8) is 0 Å². The van der Waals surface area contributed by atoms with Gasteiger partial charge in [-0.05, 0) is 36.8 Å². The zero-order valence-electron chi connectivity index (χ0n) is 17.4. The van der Waals surface area contributed by atoms with Gasteiger partial charge in [-0.1, -0.05) is 12.1 Å². The highest BCUT2D eigenvalue weighted by atomic mass is 32.1. The first kappa shape index (κ1) is 21.0. The van der Waals surface area contributed by atoms with Crippen LogP contribution in [0.3, 0.4) is 0 Å². The van der Waals surface area contributed by atoms with Crippen LogP contribution in [0.5, 0.6) is 5.75 Å². The van der Waals surface area contributed by atoms with Crippen LogP contribution >= 0.6 is 11.3 Å². The molecule has 1 N–H and O–H groups in total. The molecule has 0 aliphatic rings. The molecule has 4 rings (SSSR count). The number of halogens is 1. The molecule has 3 aromatic heterocycles. The molecule has 0 spiro atoms. The van der Waals surface area contributed by atoms with E-state index >= 15 is 0 Å². The fourth-order valence-corrected chi connectivity index (χ4v) is 3.81. The summed E-state index contributed by atoms with van der Waals surface area (Å²) in [6.45, 7) is 2.78. The molecule has 7 nitrogen and oxygen atoms in total. The molecule has 3 heterocycles. The van der Waals surface area contributed by atoms with Crippen LogP contribution in [0.25, 0.3) is 11.3 Å². The van der Waals surface area contributed by atoms with Gasteiger partial charge in [-0.3, -0.25) is 4.68 Å². The number of methoxy groups -OCH3 is 2. The lowest BCUT2D eigenvalue weighted by atomic mass is 10.2. The smallest absolute Gasteiger partial charge is 0.188 e. The van der Waals surface area contributed by atoms with Crippen LogP contribution < -0.4 is 10.1 Å². The number of benzene rings is 1. The molecule has 160 valence electrons. The molecule has 0 radical (unpaired) electrons. The monoisotopic (exact) mass is 439 g/mol. The zero-order valence-corrected chi connectivity index (χ0v) is 18.2. The third-order valence-corrected chi connectivity index (χ3v) is 5.37. The minimum Gasteiger partial charge on any atom is -0.497 e. The molecule has 1 aromatic carbocycles. The quantitative estimate of drug-likeness (QED) is 0.425. The first-order chi connectivity index (χ1) is 15.1. The lowest BCUT2D eigenvalue weighted by Gasteiger charge is -2.04. The number of aromatic nitrogens is 4. The Morgan fingerprint density at radius 3 is 2.65 bits per heavy atom. The van der Waals surface area contributed by atoms with Crippen molar-refractivity contribution in [1.29, 1.82) is 0 Å². The molecule has 0 saturated carbocycles. The summed E-state index contributed by atoms with van der Waals surface area (Å²) in [5.41, 5.74) is 4.22. The minimum atomic E-state index is -0.422. The van der Waals surface area contributed by atoms with Crippen LogP contribution in [0.2, 0.25) is 0 Å². The summed E-state index contributed by atoms with van der Waals surface area (Å²) in [4.78, 5) is 8.80. The van der Waals surface area contributed by atoms with E-state index in [1.165, 1.54) is 17.4 Å². The van der Waals surface area contributed by atoms with E-state index in [2.05, 4.69) is 20.4 Å². The number of pyridine rings is 1. The van der Waals surface area contributed by atoms with Crippen LogP contribution in [0.15, 0.2) is 48.0 Å². The van der Waals surface area contributed by atoms with Crippen molar-refractivity contribution in [3.8, 4) is 17.0 Å². The highest BCUT2D eigenvalue weighted by molar-refractivity contribution is 7.14. The molecule has 9 heteroatoms. The number of aryl methyl sites for hydroxylation is 1. The van der Waals surface area contributed by atoms with Crippen molar-refractivity contribution >= 4 is 22.3 Å². The van der Waals surface area contributed by atoms with E-state index in [9.17, 15) is 4.39 Å². The van der Waals surface area contributed by atoms with E-state index in [-0.39, 0.29) is 5.82 Å². The van der Waals surface area contributed by atoms with E-state index in [0.29, 0.717) is 18.3 Å². The molecule has 0 amide bonds. The van der Waals surface area contributed by atoms with Crippen molar-refractivity contribution < 1.29 is 13.9 Å². The molecule has 0 aliphatic carbocycles. The number of anilines is 2. The van der Waals surface area contributed by atoms with E-state index in [4.69, 9.17) is 9.47 Å². The van der Waals surface area contributed by atoms with Gasteiger partial charge in [0.05, 0.1) is 31.6 Å². The highest BCUT2D eigenvalue weighted by Crippen LogP contribution is 2.30. The summed E-state index contributed by atoms with van der Waals surface area (Å²) in [5.74, 6) is 0.551. The molecule has 0 unspecified atom stereocenters. The third-order valence-electron chi connectivity index (χ3n) is 4.61. The van der Waals surface area contributed by atoms with Crippen molar-refractivity contribution in [2.24, 2.45) is 0 Å². The average Bonchev–Trinajstić information content (AvgIpc) is 3.38. The van der Waals surface area contributed by atoms with Crippen LogP contribution in [0.4, 0.5) is 15.3 Å². The second-order valence-corrected chi connectivity index (χ2v) is 7.77. The van der Waals surface area contributed by atoms with Gasteiger partial charge in [0, 0.05) is 29.9 Å². The van der Waals surface area contributed by atoms with Gasteiger partial charge in [0.25, 0.3) is 0 Å². The maximum Gasteiger partial charge on any atom is 0.188 e. The molecule has 0 bridgehead atoms. The van der Waals surface area contributed by atoms with Gasteiger partial charge in [0.1, 0.15) is 5.75 Å². The van der Waals surface area contributed by atoms with Crippen LogP contribution in [0, 0.1) is 12.7 Å². The molecule has 0 saturated heterocycles. The Bertz CT molecular complexity index is 1170. The zero-order chi connectivity index (χ0) is 21.8. The van der Waals surface area contributed by atoms with Crippen LogP contribution in [-0.4, -0.2) is 34.0 Å². The van der Waals surface area contributed by atoms with Gasteiger partial charge in [-0.15, -0.1) is 11.3 Å². The number of hydrogen-bond donors (Lipinski definition) is 1. The molecule has 0 atom stereocenters. The van der Waals surface area contributed by atoms with Crippen LogP contribution in [-0.2, 0) is 17.9 Å². The number of thiazole rings is 1. The summed E-state index contributed by atoms with van der Waals surface area (Å²) in [7, 11) is 3.28. The Hall–Kier alpha value is -3.30. The Morgan fingerprint density at radius 1 is 1.10 bits per heavy atom. The first-order valence-electron chi connectivity index (χ1n) is 9.60. The normalized spacial score (nSPS) is 11.0. The SMILES string of the molecule is COCc1nn(Cc2ccc(OC)cc2)cc1-c1csc(Nc2nc(C)ccc2F)n1. The summed E-state index contributed by atoms with van der Waals surface area (Å²) < 4.78 is 26.4. The Labute approximate surface area is 183 Å². The predicted octanol–water partition coefficient (Wildman–Crippen LogP) is 4.80. The second kappa shape index (κ2) is 9.23. The van der Waals surface area contributed by atoms with E-state index in [0.717, 1.165) is 34.0 Å². The van der Waals surface area contributed by atoms with E-state index in [1.807, 2.05) is 47.4 Å². The number of ether oxygens (including phenoxy) is 2. The summed E-state index contributed by atoms with van der Waals surface area (Å²) in [6.07, 6.45) is 1.95. The predicted molar refractivity (Wildman–Crippen MR) is 118 cm³/mol. The maximum absolute atomic E-state index is 14.0. The highest BCUT2D eigenvalue weighted by Gasteiger charge is 2.15. The fraction of sp³-hybridized carbons (Fsp3) is 0.227. The first-order valence-corrected chi connectivity index (χ1v) is 10.5. The minimum absolute atomic E-state index is 0.160. The number of nitrogens with one attached hydrogen (secondary N) is 1. The topological polar surface area (TPSA) is 74.1 Å². The Kier molecular flexibility index (Phi) is 6.24. The standard InChI is InChI=1S/C22H22FN5O2S/c1-14-4-9-18(23)21(24-14)26-22-25-20(13-31-22)17-11-28(27-19(17)12-29-2)10-15-5-7-16(30-3)8-6-15/h4-9,11,13H,10,12H2,1-3H3,(H,24,25,26). The second-order valence-electron chi connectivity index (χ2n) is 6.91. The number of hydrogen-bond acceptors (Lipinski definition) is 7. The van der Waals surface area contributed by atoms with Crippen molar-refractivity contribution in [2.75, 3.05) is 19.5 Å². The summed E-state index contributed by atoms with van der Waals surface area (Å²) in [5, 5.41) is 10.1. The Morgan fingerprint density at radius 2 is 1.90 bits per heavy atom. The number of rotatable bonds is 8. The van der Waals surface area contributed by atoms with Crippen molar-refractivity contribution in [3.05, 3.63) is 70.7 Å². The van der Waals surface area contributed by atoms with Crippen LogP contribution in [0.1, 0.15) is 17.0 Å². The molecule has 31 heavy (non-hydrogen) atoms. The lowest BCUT2D eigenvalue weighted by Crippen LogP contribution is -2.01. The van der Waals surface area contributed by atoms with Gasteiger partial charge in [-0.2, -0.15) is 5.10 Å². The molecular formula is C22H22FN5O2S. The molecule has 0 aliphatic heterocycles. The van der Waals surface area contributed by atoms with E-state index < -0.39 is 5.82 Å². The van der Waals surface area contributed by atoms with Gasteiger partial charge >= 0.3 is 0 Å². The van der Waals surface area contributed by atoms with Gasteiger partial charge in [-0.25, -0.2) is 14.4 Å². The van der Waals surface area contributed by atoms with Crippen molar-refractivity contribution in [2.45, 2.75) is 20.1 Å². The summed E-state index contributed by atoms with van der Waals surface area (Å²) in [6, 6.07) is 10.9. The molecule has 0 fully saturated rings. The van der Waals surface area contributed by atoms with E-state index in [1.54, 1.807) is 20.3 Å². The molecule has 4 aromatic rings. The largest absolute Gasteiger partial charge is 0.497 e. The van der Waals surface area contributed by atoms with Gasteiger partial charge < -0.3 is 14.8 Å². The average molecular weight is 440 g/mol. The van der Waals surface area contributed by atoms with Crippen molar-refractivity contribution in [1.82, 2.24) is 19.7 Å².